The molecule has 0 saturated carbocycles. The first-order valence-corrected chi connectivity index (χ1v) is 10.7. The van der Waals surface area contributed by atoms with Gasteiger partial charge < -0.3 is 26.6 Å². The number of aliphatic hydroxyl groups excluding tert-OH is 1. The van der Waals surface area contributed by atoms with Gasteiger partial charge in [0.25, 0.3) is 5.91 Å². The number of aromatic nitrogens is 1. The molecule has 0 radical (unpaired) electrons. The highest BCUT2D eigenvalue weighted by Gasteiger charge is 2.12. The van der Waals surface area contributed by atoms with Crippen molar-refractivity contribution in [3.63, 3.8) is 0 Å². The van der Waals surface area contributed by atoms with Crippen LogP contribution in [0.25, 0.3) is 0 Å². The van der Waals surface area contributed by atoms with Gasteiger partial charge in [0.15, 0.2) is 0 Å². The van der Waals surface area contributed by atoms with E-state index >= 15 is 0 Å². The van der Waals surface area contributed by atoms with E-state index < -0.39 is 6.10 Å². The van der Waals surface area contributed by atoms with Crippen LogP contribution in [0.5, 0.6) is 5.75 Å². The number of carbonyl (C=O) groups excluding carboxylic acids is 1. The lowest BCUT2D eigenvalue weighted by atomic mass is 10.0. The van der Waals surface area contributed by atoms with Crippen molar-refractivity contribution in [2.45, 2.75) is 31.9 Å². The average molecular weight is 435 g/mol. The summed E-state index contributed by atoms with van der Waals surface area (Å²) in [4.78, 5) is 16.5. The van der Waals surface area contributed by atoms with E-state index in [1.165, 1.54) is 0 Å². The summed E-state index contributed by atoms with van der Waals surface area (Å²) in [7, 11) is 0. The number of phenolic OH excluding ortho intramolecular Hbond substituents is 1. The van der Waals surface area contributed by atoms with Crippen LogP contribution in [0.4, 0.5) is 5.82 Å². The molecule has 0 unspecified atom stereocenters. The SMILES string of the molecule is C[C@H](Cc1cccc(C(=O)NCCc2ccccc2O)c1)NC[C@@H](O)c1ccc(N)nc1. The van der Waals surface area contributed by atoms with E-state index in [9.17, 15) is 15.0 Å². The molecule has 0 saturated heterocycles. The fourth-order valence-corrected chi connectivity index (χ4v) is 3.44. The Morgan fingerprint density at radius 2 is 1.94 bits per heavy atom. The fraction of sp³-hybridized carbons (Fsp3) is 0.280. The number of aromatic hydroxyl groups is 1. The molecule has 3 rings (SSSR count). The third-order valence-corrected chi connectivity index (χ3v) is 5.26. The number of benzene rings is 2. The summed E-state index contributed by atoms with van der Waals surface area (Å²) in [5.74, 6) is 0.515. The maximum atomic E-state index is 12.5. The third-order valence-electron chi connectivity index (χ3n) is 5.26. The lowest BCUT2D eigenvalue weighted by Gasteiger charge is -2.18. The van der Waals surface area contributed by atoms with Gasteiger partial charge in [0.05, 0.1) is 6.10 Å². The summed E-state index contributed by atoms with van der Waals surface area (Å²) in [5, 5.41) is 26.4. The van der Waals surface area contributed by atoms with Crippen molar-refractivity contribution < 1.29 is 15.0 Å². The molecule has 0 aliphatic rings. The van der Waals surface area contributed by atoms with Crippen LogP contribution in [-0.4, -0.2) is 40.2 Å². The number of nitrogen functional groups attached to an aromatic ring is 1. The van der Waals surface area contributed by atoms with Crippen LogP contribution in [0.3, 0.4) is 0 Å². The number of para-hydroxylation sites is 1. The highest BCUT2D eigenvalue weighted by Crippen LogP contribution is 2.16. The summed E-state index contributed by atoms with van der Waals surface area (Å²) in [6, 6.07) is 18.2. The van der Waals surface area contributed by atoms with E-state index in [1.54, 1.807) is 36.5 Å². The molecule has 1 heterocycles. The van der Waals surface area contributed by atoms with Crippen molar-refractivity contribution in [3.8, 4) is 5.75 Å². The number of rotatable bonds is 10. The van der Waals surface area contributed by atoms with Crippen LogP contribution in [0.2, 0.25) is 0 Å². The molecular formula is C25H30N4O3. The first-order chi connectivity index (χ1) is 15.4. The normalized spacial score (nSPS) is 12.8. The van der Waals surface area contributed by atoms with Crippen molar-refractivity contribution in [1.82, 2.24) is 15.6 Å². The lowest BCUT2D eigenvalue weighted by Crippen LogP contribution is -2.32. The standard InChI is InChI=1S/C25H30N4O3/c1-17(28-16-23(31)21-9-10-24(26)29-15-21)13-18-5-4-7-20(14-18)25(32)27-12-11-19-6-2-3-8-22(19)30/h2-10,14-15,17,23,28,30-31H,11-13,16H2,1H3,(H2,26,29)(H,27,32)/t17-,23-/m1/s1. The molecule has 0 aliphatic heterocycles. The van der Waals surface area contributed by atoms with Crippen molar-refractivity contribution in [2.24, 2.45) is 0 Å². The first kappa shape index (κ1) is 23.2. The Hall–Kier alpha value is -3.42. The van der Waals surface area contributed by atoms with Crippen molar-refractivity contribution in [2.75, 3.05) is 18.8 Å². The summed E-state index contributed by atoms with van der Waals surface area (Å²) >= 11 is 0. The zero-order valence-corrected chi connectivity index (χ0v) is 18.2. The number of pyridine rings is 1. The molecular weight excluding hydrogens is 404 g/mol. The average Bonchev–Trinajstić information content (AvgIpc) is 2.79. The number of aliphatic hydroxyl groups is 1. The molecule has 2 aromatic carbocycles. The van der Waals surface area contributed by atoms with Gasteiger partial charge in [0.2, 0.25) is 0 Å². The molecule has 3 aromatic rings. The monoisotopic (exact) mass is 434 g/mol. The Labute approximate surface area is 188 Å². The van der Waals surface area contributed by atoms with Crippen molar-refractivity contribution in [3.05, 3.63) is 89.1 Å². The van der Waals surface area contributed by atoms with Gasteiger partial charge >= 0.3 is 0 Å². The minimum Gasteiger partial charge on any atom is -0.508 e. The molecule has 32 heavy (non-hydrogen) atoms. The zero-order chi connectivity index (χ0) is 22.9. The summed E-state index contributed by atoms with van der Waals surface area (Å²) in [5.41, 5.74) is 8.72. The van der Waals surface area contributed by atoms with Crippen LogP contribution in [0.1, 0.15) is 40.1 Å². The Bertz CT molecular complexity index is 1020. The van der Waals surface area contributed by atoms with Gasteiger partial charge in [0, 0.05) is 36.5 Å². The van der Waals surface area contributed by atoms with E-state index in [0.29, 0.717) is 42.9 Å². The summed E-state index contributed by atoms with van der Waals surface area (Å²) in [6.07, 6.45) is 2.18. The second kappa shape index (κ2) is 11.3. The Kier molecular flexibility index (Phi) is 8.19. The van der Waals surface area contributed by atoms with Crippen molar-refractivity contribution in [1.29, 1.82) is 0 Å². The van der Waals surface area contributed by atoms with Crippen LogP contribution in [0.15, 0.2) is 66.9 Å². The molecule has 0 spiro atoms. The second-order valence-electron chi connectivity index (χ2n) is 7.88. The fourth-order valence-electron chi connectivity index (χ4n) is 3.44. The summed E-state index contributed by atoms with van der Waals surface area (Å²) in [6.45, 7) is 2.86. The smallest absolute Gasteiger partial charge is 0.251 e. The van der Waals surface area contributed by atoms with E-state index in [2.05, 4.69) is 15.6 Å². The van der Waals surface area contributed by atoms with Crippen LogP contribution in [-0.2, 0) is 12.8 Å². The molecule has 0 fully saturated rings. The van der Waals surface area contributed by atoms with E-state index in [0.717, 1.165) is 11.1 Å². The minimum atomic E-state index is -0.674. The molecule has 7 nitrogen and oxygen atoms in total. The zero-order valence-electron chi connectivity index (χ0n) is 18.2. The number of nitrogens with one attached hydrogen (secondary N) is 2. The highest BCUT2D eigenvalue weighted by atomic mass is 16.3. The number of anilines is 1. The number of hydrogen-bond donors (Lipinski definition) is 5. The van der Waals surface area contributed by atoms with Gasteiger partial charge in [-0.1, -0.05) is 36.4 Å². The number of phenols is 1. The van der Waals surface area contributed by atoms with Gasteiger partial charge in [-0.15, -0.1) is 0 Å². The maximum Gasteiger partial charge on any atom is 0.251 e. The van der Waals surface area contributed by atoms with E-state index in [1.807, 2.05) is 37.3 Å². The van der Waals surface area contributed by atoms with Gasteiger partial charge in [-0.25, -0.2) is 4.98 Å². The van der Waals surface area contributed by atoms with Gasteiger partial charge in [-0.05, 0) is 55.2 Å². The number of amides is 1. The molecule has 0 aliphatic carbocycles. The molecule has 1 aromatic heterocycles. The van der Waals surface area contributed by atoms with Gasteiger partial charge in [0.1, 0.15) is 11.6 Å². The Balaban J connectivity index is 1.47. The number of nitrogens with zero attached hydrogens (tertiary/aromatic N) is 1. The molecule has 7 heteroatoms. The number of nitrogens with two attached hydrogens (primary N) is 1. The third kappa shape index (κ3) is 6.80. The number of carbonyl (C=O) groups is 1. The van der Waals surface area contributed by atoms with Crippen LogP contribution in [0, 0.1) is 0 Å². The topological polar surface area (TPSA) is 120 Å². The first-order valence-electron chi connectivity index (χ1n) is 10.7. The second-order valence-corrected chi connectivity index (χ2v) is 7.88. The minimum absolute atomic E-state index is 0.103. The molecule has 1 amide bonds. The maximum absolute atomic E-state index is 12.5. The molecule has 168 valence electrons. The van der Waals surface area contributed by atoms with Crippen molar-refractivity contribution >= 4 is 11.7 Å². The lowest BCUT2D eigenvalue weighted by molar-refractivity contribution is 0.0954. The summed E-state index contributed by atoms with van der Waals surface area (Å²) < 4.78 is 0. The molecule has 6 N–H and O–H groups in total. The highest BCUT2D eigenvalue weighted by molar-refractivity contribution is 5.94. The van der Waals surface area contributed by atoms with Crippen LogP contribution >= 0.6 is 0 Å². The van der Waals surface area contributed by atoms with E-state index in [4.69, 9.17) is 5.73 Å². The molecule has 2 atom stereocenters. The van der Waals surface area contributed by atoms with E-state index in [-0.39, 0.29) is 17.7 Å². The van der Waals surface area contributed by atoms with Crippen LogP contribution < -0.4 is 16.4 Å². The molecule has 0 bridgehead atoms. The number of hydrogen-bond acceptors (Lipinski definition) is 6. The Morgan fingerprint density at radius 3 is 2.69 bits per heavy atom. The van der Waals surface area contributed by atoms with Gasteiger partial charge in [-0.3, -0.25) is 4.79 Å². The largest absolute Gasteiger partial charge is 0.508 e. The quantitative estimate of drug-likeness (QED) is 0.335. The predicted molar refractivity (Wildman–Crippen MR) is 125 cm³/mol. The predicted octanol–water partition coefficient (Wildman–Crippen LogP) is 2.60. The van der Waals surface area contributed by atoms with Gasteiger partial charge in [-0.2, -0.15) is 0 Å². The Morgan fingerprint density at radius 1 is 1.12 bits per heavy atom.